The number of carbonyl (C=O) groups excluding carboxylic acids is 1. The quantitative estimate of drug-likeness (QED) is 0.798. The number of hydrogen-bond acceptors (Lipinski definition) is 3. The van der Waals surface area contributed by atoms with E-state index in [-0.39, 0.29) is 5.91 Å². The molecule has 1 fully saturated rings. The molecule has 0 atom stereocenters. The normalized spacial score (nSPS) is 18.4. The number of carbonyl (C=O) groups is 1. The number of benzene rings is 1. The van der Waals surface area contributed by atoms with Crippen molar-refractivity contribution in [1.82, 2.24) is 5.43 Å². The molecule has 16 heavy (non-hydrogen) atoms. The van der Waals surface area contributed by atoms with E-state index in [2.05, 4.69) is 10.5 Å². The van der Waals surface area contributed by atoms with E-state index in [9.17, 15) is 4.79 Å². The first kappa shape index (κ1) is 11.2. The fourth-order valence-electron chi connectivity index (χ4n) is 1.51. The van der Waals surface area contributed by atoms with E-state index in [4.69, 9.17) is 0 Å². The predicted molar refractivity (Wildman–Crippen MR) is 67.9 cm³/mol. The van der Waals surface area contributed by atoms with Crippen LogP contribution < -0.4 is 5.43 Å². The van der Waals surface area contributed by atoms with E-state index in [1.165, 1.54) is 5.75 Å². The molecule has 0 aromatic heterocycles. The van der Waals surface area contributed by atoms with Gasteiger partial charge in [0, 0.05) is 17.0 Å². The number of rotatable bonds is 2. The van der Waals surface area contributed by atoms with E-state index in [1.807, 2.05) is 30.0 Å². The number of nitrogens with zero attached hydrogens (tertiary/aromatic N) is 1. The van der Waals surface area contributed by atoms with Gasteiger partial charge in [-0.15, -0.1) is 0 Å². The number of amides is 1. The maximum atomic E-state index is 11.7. The number of nitrogens with one attached hydrogen (secondary N) is 1. The Hall–Kier alpha value is -1.29. The molecule has 1 aliphatic heterocycles. The third-order valence-electron chi connectivity index (χ3n) is 2.37. The van der Waals surface area contributed by atoms with Crippen LogP contribution in [0.25, 0.3) is 0 Å². The van der Waals surface area contributed by atoms with Crippen LogP contribution in [-0.2, 0) is 0 Å². The van der Waals surface area contributed by atoms with Crippen molar-refractivity contribution in [2.45, 2.75) is 12.8 Å². The fraction of sp³-hybridized carbons (Fsp3) is 0.333. The van der Waals surface area contributed by atoms with E-state index in [0.29, 0.717) is 5.56 Å². The van der Waals surface area contributed by atoms with Gasteiger partial charge in [-0.25, -0.2) is 5.43 Å². The van der Waals surface area contributed by atoms with Crippen LogP contribution in [0, 0.1) is 0 Å². The van der Waals surface area contributed by atoms with Gasteiger partial charge in [-0.2, -0.15) is 16.9 Å². The molecular formula is C12H14N2OS. The summed E-state index contributed by atoms with van der Waals surface area (Å²) in [5, 5.41) is 4.16. The van der Waals surface area contributed by atoms with E-state index >= 15 is 0 Å². The standard InChI is InChI=1S/C12H14N2OS/c15-12(10-5-2-1-3-6-10)14-13-11-7-4-8-16-9-11/h1-3,5-6H,4,7-9H2,(H,14,15)/b13-11-. The Kier molecular flexibility index (Phi) is 3.99. The van der Waals surface area contributed by atoms with Crippen molar-refractivity contribution in [1.29, 1.82) is 0 Å². The van der Waals surface area contributed by atoms with Crippen LogP contribution in [0.3, 0.4) is 0 Å². The largest absolute Gasteiger partial charge is 0.271 e. The third kappa shape index (κ3) is 3.10. The molecule has 4 heteroatoms. The Morgan fingerprint density at radius 2 is 2.12 bits per heavy atom. The highest BCUT2D eigenvalue weighted by atomic mass is 32.2. The van der Waals surface area contributed by atoms with Crippen molar-refractivity contribution in [2.75, 3.05) is 11.5 Å². The lowest BCUT2D eigenvalue weighted by molar-refractivity contribution is 0.0954. The molecule has 0 saturated carbocycles. The Balaban J connectivity index is 1.92. The zero-order valence-corrected chi connectivity index (χ0v) is 9.80. The first-order valence-electron chi connectivity index (χ1n) is 5.35. The smallest absolute Gasteiger partial charge is 0.267 e. The molecule has 1 aliphatic rings. The minimum Gasteiger partial charge on any atom is -0.267 e. The lowest BCUT2D eigenvalue weighted by atomic mass is 10.2. The van der Waals surface area contributed by atoms with Crippen LogP contribution in [-0.4, -0.2) is 23.1 Å². The van der Waals surface area contributed by atoms with Crippen molar-refractivity contribution >= 4 is 23.4 Å². The van der Waals surface area contributed by atoms with Crippen molar-refractivity contribution in [3.05, 3.63) is 35.9 Å². The van der Waals surface area contributed by atoms with Crippen molar-refractivity contribution < 1.29 is 4.79 Å². The minimum absolute atomic E-state index is 0.135. The van der Waals surface area contributed by atoms with Gasteiger partial charge in [0.25, 0.3) is 5.91 Å². The number of hydrogen-bond donors (Lipinski definition) is 1. The number of thioether (sulfide) groups is 1. The predicted octanol–water partition coefficient (Wildman–Crippen LogP) is 2.30. The summed E-state index contributed by atoms with van der Waals surface area (Å²) in [4.78, 5) is 11.7. The molecule has 3 nitrogen and oxygen atoms in total. The van der Waals surface area contributed by atoms with Crippen LogP contribution in [0.4, 0.5) is 0 Å². The zero-order valence-electron chi connectivity index (χ0n) is 8.98. The Morgan fingerprint density at radius 1 is 1.31 bits per heavy atom. The summed E-state index contributed by atoms with van der Waals surface area (Å²) >= 11 is 1.87. The second-order valence-corrected chi connectivity index (χ2v) is 4.75. The van der Waals surface area contributed by atoms with Gasteiger partial charge in [0.1, 0.15) is 0 Å². The van der Waals surface area contributed by atoms with E-state index in [0.717, 1.165) is 24.3 Å². The fourth-order valence-corrected chi connectivity index (χ4v) is 2.45. The Bertz CT molecular complexity index is 381. The summed E-state index contributed by atoms with van der Waals surface area (Å²) in [5.74, 6) is 2.00. The summed E-state index contributed by atoms with van der Waals surface area (Å²) < 4.78 is 0. The van der Waals surface area contributed by atoms with Gasteiger partial charge in [-0.1, -0.05) is 18.2 Å². The maximum absolute atomic E-state index is 11.7. The van der Waals surface area contributed by atoms with Crippen LogP contribution >= 0.6 is 11.8 Å². The summed E-state index contributed by atoms with van der Waals surface area (Å²) in [6.07, 6.45) is 2.16. The van der Waals surface area contributed by atoms with E-state index in [1.54, 1.807) is 12.1 Å². The molecule has 1 aromatic carbocycles. The molecule has 1 saturated heterocycles. The van der Waals surface area contributed by atoms with Crippen molar-refractivity contribution in [3.63, 3.8) is 0 Å². The van der Waals surface area contributed by atoms with Crippen molar-refractivity contribution in [3.8, 4) is 0 Å². The van der Waals surface area contributed by atoms with E-state index < -0.39 is 0 Å². The molecule has 1 amide bonds. The zero-order chi connectivity index (χ0) is 11.2. The molecule has 0 radical (unpaired) electrons. The second kappa shape index (κ2) is 5.70. The van der Waals surface area contributed by atoms with Crippen molar-refractivity contribution in [2.24, 2.45) is 5.10 Å². The average Bonchev–Trinajstić information content (AvgIpc) is 2.38. The first-order chi connectivity index (χ1) is 7.86. The summed E-state index contributed by atoms with van der Waals surface area (Å²) in [5.41, 5.74) is 4.34. The highest BCUT2D eigenvalue weighted by Gasteiger charge is 2.08. The molecule has 1 heterocycles. The van der Waals surface area contributed by atoms with Crippen LogP contribution in [0.5, 0.6) is 0 Å². The molecule has 84 valence electrons. The molecular weight excluding hydrogens is 220 g/mol. The van der Waals surface area contributed by atoms with Gasteiger partial charge in [0.05, 0.1) is 0 Å². The van der Waals surface area contributed by atoms with Crippen LogP contribution in [0.1, 0.15) is 23.2 Å². The topological polar surface area (TPSA) is 41.5 Å². The molecule has 1 aromatic rings. The highest BCUT2D eigenvalue weighted by molar-refractivity contribution is 8.00. The molecule has 1 N–H and O–H groups in total. The summed E-state index contributed by atoms with van der Waals surface area (Å²) in [7, 11) is 0. The first-order valence-corrected chi connectivity index (χ1v) is 6.50. The molecule has 0 aliphatic carbocycles. The monoisotopic (exact) mass is 234 g/mol. The Morgan fingerprint density at radius 3 is 2.81 bits per heavy atom. The Labute approximate surface area is 99.3 Å². The highest BCUT2D eigenvalue weighted by Crippen LogP contribution is 2.14. The number of hydrazone groups is 1. The second-order valence-electron chi connectivity index (χ2n) is 3.64. The molecule has 2 rings (SSSR count). The lowest BCUT2D eigenvalue weighted by Gasteiger charge is -2.11. The summed E-state index contributed by atoms with van der Waals surface area (Å²) in [6, 6.07) is 9.15. The van der Waals surface area contributed by atoms with Gasteiger partial charge in [0.2, 0.25) is 0 Å². The van der Waals surface area contributed by atoms with Gasteiger partial charge in [-0.3, -0.25) is 4.79 Å². The van der Waals surface area contributed by atoms with Gasteiger partial charge in [-0.05, 0) is 30.7 Å². The summed E-state index contributed by atoms with van der Waals surface area (Å²) in [6.45, 7) is 0. The molecule has 0 unspecified atom stereocenters. The maximum Gasteiger partial charge on any atom is 0.271 e. The van der Waals surface area contributed by atoms with Gasteiger partial charge in [0.15, 0.2) is 0 Å². The van der Waals surface area contributed by atoms with Gasteiger partial charge < -0.3 is 0 Å². The SMILES string of the molecule is O=C(N/N=C1/CCCSC1)c1ccccc1. The van der Waals surface area contributed by atoms with Crippen LogP contribution in [0.15, 0.2) is 35.4 Å². The minimum atomic E-state index is -0.135. The van der Waals surface area contributed by atoms with Gasteiger partial charge >= 0.3 is 0 Å². The third-order valence-corrected chi connectivity index (χ3v) is 3.49. The molecule has 0 bridgehead atoms. The lowest BCUT2D eigenvalue weighted by Crippen LogP contribution is -2.21. The average molecular weight is 234 g/mol. The van der Waals surface area contributed by atoms with Crippen LogP contribution in [0.2, 0.25) is 0 Å². The molecule has 0 spiro atoms.